The van der Waals surface area contributed by atoms with E-state index < -0.39 is 0 Å². The number of nitrogens with zero attached hydrogens (tertiary/aromatic N) is 1. The highest BCUT2D eigenvalue weighted by Gasteiger charge is 2.33. The van der Waals surface area contributed by atoms with Crippen molar-refractivity contribution < 1.29 is 9.59 Å². The van der Waals surface area contributed by atoms with Crippen LogP contribution in [0.3, 0.4) is 0 Å². The van der Waals surface area contributed by atoms with Gasteiger partial charge in [-0.05, 0) is 30.5 Å². The molecule has 5 nitrogen and oxygen atoms in total. The third-order valence-electron chi connectivity index (χ3n) is 4.32. The van der Waals surface area contributed by atoms with Crippen LogP contribution in [-0.4, -0.2) is 54.0 Å². The van der Waals surface area contributed by atoms with Gasteiger partial charge in [0.1, 0.15) is 0 Å². The number of carbonyl (C=O) groups is 2. The lowest BCUT2D eigenvalue weighted by Crippen LogP contribution is -2.42. The monoisotopic (exact) mass is 387 g/mol. The number of thioether (sulfide) groups is 1. The summed E-state index contributed by atoms with van der Waals surface area (Å²) in [4.78, 5) is 26.4. The highest BCUT2D eigenvalue weighted by Crippen LogP contribution is 2.23. The summed E-state index contributed by atoms with van der Waals surface area (Å²) in [5, 5.41) is 6.97. The number of amides is 2. The van der Waals surface area contributed by atoms with E-state index in [9.17, 15) is 9.59 Å². The van der Waals surface area contributed by atoms with E-state index in [0.717, 1.165) is 31.1 Å². The van der Waals surface area contributed by atoms with Crippen molar-refractivity contribution in [2.24, 2.45) is 5.92 Å². The minimum Gasteiger partial charge on any atom is -0.352 e. The summed E-state index contributed by atoms with van der Waals surface area (Å²) in [5.74, 6) is 2.05. The molecule has 2 saturated heterocycles. The zero-order chi connectivity index (χ0) is 17.1. The summed E-state index contributed by atoms with van der Waals surface area (Å²) in [5.41, 5.74) is 0.483. The lowest BCUT2D eigenvalue weighted by Gasteiger charge is -2.19. The van der Waals surface area contributed by atoms with Crippen molar-refractivity contribution in [1.29, 1.82) is 0 Å². The second-order valence-electron chi connectivity index (χ2n) is 6.04. The fourth-order valence-electron chi connectivity index (χ4n) is 2.94. The van der Waals surface area contributed by atoms with Crippen LogP contribution in [-0.2, 0) is 4.79 Å². The largest absolute Gasteiger partial charge is 0.352 e. The van der Waals surface area contributed by atoms with E-state index in [1.807, 2.05) is 4.90 Å². The molecule has 0 bridgehead atoms. The van der Waals surface area contributed by atoms with E-state index in [2.05, 4.69) is 10.6 Å². The molecule has 1 aromatic rings. The van der Waals surface area contributed by atoms with E-state index in [0.29, 0.717) is 22.2 Å². The minimum atomic E-state index is -0.181. The molecule has 24 heavy (non-hydrogen) atoms. The highest BCUT2D eigenvalue weighted by atomic mass is 35.5. The van der Waals surface area contributed by atoms with Gasteiger partial charge in [-0.2, -0.15) is 0 Å². The summed E-state index contributed by atoms with van der Waals surface area (Å²) >= 11 is 13.6. The van der Waals surface area contributed by atoms with Crippen molar-refractivity contribution in [3.63, 3.8) is 0 Å². The topological polar surface area (TPSA) is 61.4 Å². The number of benzene rings is 1. The first kappa shape index (κ1) is 17.9. The molecule has 1 aromatic carbocycles. The van der Waals surface area contributed by atoms with E-state index >= 15 is 0 Å². The Morgan fingerprint density at radius 3 is 2.88 bits per heavy atom. The Bertz CT molecular complexity index is 638. The van der Waals surface area contributed by atoms with E-state index in [4.69, 9.17) is 23.2 Å². The van der Waals surface area contributed by atoms with Crippen LogP contribution in [0.1, 0.15) is 16.8 Å². The molecule has 0 spiro atoms. The van der Waals surface area contributed by atoms with Crippen molar-refractivity contribution in [3.8, 4) is 0 Å². The maximum absolute atomic E-state index is 12.4. The van der Waals surface area contributed by atoms with Crippen LogP contribution in [0, 0.1) is 5.92 Å². The molecule has 3 rings (SSSR count). The van der Waals surface area contributed by atoms with Gasteiger partial charge in [-0.15, -0.1) is 11.8 Å². The Balaban J connectivity index is 1.48. The van der Waals surface area contributed by atoms with Gasteiger partial charge in [0.15, 0.2) is 0 Å². The van der Waals surface area contributed by atoms with Crippen molar-refractivity contribution in [2.75, 3.05) is 31.3 Å². The third-order valence-corrected chi connectivity index (χ3v) is 6.02. The van der Waals surface area contributed by atoms with Crippen molar-refractivity contribution >= 4 is 46.8 Å². The maximum atomic E-state index is 12.4. The lowest BCUT2D eigenvalue weighted by atomic mass is 10.0. The standard InChI is InChI=1S/C16H19Cl2N3O2S/c17-12-2-1-11(6-13(12)18)15(22)20-8-10-5-14(19-7-10)16(23)21-3-4-24-9-21/h1-2,6,10,14,19H,3-5,7-9H2,(H,20,22)/t10-,14-/m0/s1. The van der Waals surface area contributed by atoms with Crippen LogP contribution in [0.15, 0.2) is 18.2 Å². The Morgan fingerprint density at radius 2 is 2.17 bits per heavy atom. The molecule has 0 aliphatic carbocycles. The average Bonchev–Trinajstić information content (AvgIpc) is 3.26. The fraction of sp³-hybridized carbons (Fsp3) is 0.500. The summed E-state index contributed by atoms with van der Waals surface area (Å²) < 4.78 is 0. The van der Waals surface area contributed by atoms with Gasteiger partial charge in [-0.25, -0.2) is 0 Å². The second-order valence-corrected chi connectivity index (χ2v) is 7.93. The van der Waals surface area contributed by atoms with Gasteiger partial charge in [0.2, 0.25) is 5.91 Å². The van der Waals surface area contributed by atoms with Crippen molar-refractivity contribution in [2.45, 2.75) is 12.5 Å². The first-order chi connectivity index (χ1) is 11.5. The lowest BCUT2D eigenvalue weighted by molar-refractivity contribution is -0.131. The van der Waals surface area contributed by atoms with Crippen LogP contribution >= 0.6 is 35.0 Å². The summed E-state index contributed by atoms with van der Waals surface area (Å²) in [7, 11) is 0. The summed E-state index contributed by atoms with van der Waals surface area (Å²) in [6.07, 6.45) is 0.752. The Hall–Kier alpha value is -0.950. The maximum Gasteiger partial charge on any atom is 0.251 e. The van der Waals surface area contributed by atoms with Crippen LogP contribution in [0.4, 0.5) is 0 Å². The van der Waals surface area contributed by atoms with Gasteiger partial charge >= 0.3 is 0 Å². The normalized spacial score (nSPS) is 23.5. The predicted octanol–water partition coefficient (Wildman–Crippen LogP) is 2.23. The zero-order valence-electron chi connectivity index (χ0n) is 13.1. The zero-order valence-corrected chi connectivity index (χ0v) is 15.4. The molecule has 8 heteroatoms. The molecule has 0 unspecified atom stereocenters. The Morgan fingerprint density at radius 1 is 1.33 bits per heavy atom. The number of nitrogens with one attached hydrogen (secondary N) is 2. The first-order valence-corrected chi connectivity index (χ1v) is 9.79. The minimum absolute atomic E-state index is 0.129. The average molecular weight is 388 g/mol. The summed E-state index contributed by atoms with van der Waals surface area (Å²) in [6, 6.07) is 4.69. The van der Waals surface area contributed by atoms with Crippen LogP contribution in [0.5, 0.6) is 0 Å². The number of hydrogen-bond acceptors (Lipinski definition) is 4. The molecule has 2 fully saturated rings. The molecule has 0 saturated carbocycles. The van der Waals surface area contributed by atoms with Crippen LogP contribution < -0.4 is 10.6 Å². The molecule has 2 N–H and O–H groups in total. The molecule has 0 aromatic heterocycles. The van der Waals surface area contributed by atoms with Crippen LogP contribution in [0.25, 0.3) is 0 Å². The van der Waals surface area contributed by atoms with Gasteiger partial charge in [-0.3, -0.25) is 9.59 Å². The van der Waals surface area contributed by atoms with E-state index in [1.54, 1.807) is 30.0 Å². The molecule has 2 heterocycles. The quantitative estimate of drug-likeness (QED) is 0.831. The predicted molar refractivity (Wildman–Crippen MR) is 97.7 cm³/mol. The molecule has 130 valence electrons. The fourth-order valence-corrected chi connectivity index (χ4v) is 4.19. The smallest absolute Gasteiger partial charge is 0.251 e. The van der Waals surface area contributed by atoms with E-state index in [-0.39, 0.29) is 23.8 Å². The van der Waals surface area contributed by atoms with Crippen molar-refractivity contribution in [1.82, 2.24) is 15.5 Å². The van der Waals surface area contributed by atoms with Crippen LogP contribution in [0.2, 0.25) is 10.0 Å². The van der Waals surface area contributed by atoms with E-state index in [1.165, 1.54) is 0 Å². The SMILES string of the molecule is O=C(NC[C@@H]1CN[C@H](C(=O)N2CCSC2)C1)c1ccc(Cl)c(Cl)c1. The molecule has 0 radical (unpaired) electrons. The number of rotatable bonds is 4. The van der Waals surface area contributed by atoms with Gasteiger partial charge in [0.25, 0.3) is 5.91 Å². The summed E-state index contributed by atoms with van der Waals surface area (Å²) in [6.45, 7) is 2.10. The molecular formula is C16H19Cl2N3O2S. The Labute approximate surface area is 155 Å². The van der Waals surface area contributed by atoms with Crippen molar-refractivity contribution in [3.05, 3.63) is 33.8 Å². The number of halogens is 2. The Kier molecular flexibility index (Phi) is 5.92. The molecular weight excluding hydrogens is 369 g/mol. The first-order valence-electron chi connectivity index (χ1n) is 7.88. The second kappa shape index (κ2) is 7.95. The molecule has 2 amide bonds. The van der Waals surface area contributed by atoms with Gasteiger partial charge < -0.3 is 15.5 Å². The van der Waals surface area contributed by atoms with Gasteiger partial charge in [0, 0.05) is 31.0 Å². The number of carbonyl (C=O) groups excluding carboxylic acids is 2. The van der Waals surface area contributed by atoms with Gasteiger partial charge in [0.05, 0.1) is 22.0 Å². The molecule has 2 aliphatic heterocycles. The van der Waals surface area contributed by atoms with Gasteiger partial charge in [-0.1, -0.05) is 23.2 Å². The molecule has 2 aliphatic rings. The number of hydrogen-bond donors (Lipinski definition) is 2. The highest BCUT2D eigenvalue weighted by molar-refractivity contribution is 7.99. The molecule has 2 atom stereocenters. The third kappa shape index (κ3) is 4.17.